The zero-order chi connectivity index (χ0) is 12.8. The molecule has 0 saturated carbocycles. The van der Waals surface area contributed by atoms with Crippen LogP contribution in [0.4, 0.5) is 5.69 Å². The van der Waals surface area contributed by atoms with Crippen LogP contribution in [0.5, 0.6) is 5.75 Å². The van der Waals surface area contributed by atoms with Gasteiger partial charge in [0, 0.05) is 19.3 Å². The van der Waals surface area contributed by atoms with Gasteiger partial charge in [0.15, 0.2) is 0 Å². The van der Waals surface area contributed by atoms with E-state index in [9.17, 15) is 0 Å². The summed E-state index contributed by atoms with van der Waals surface area (Å²) in [4.78, 5) is 0. The summed E-state index contributed by atoms with van der Waals surface area (Å²) in [5, 5.41) is 7.63. The monoisotopic (exact) mass is 245 g/mol. The summed E-state index contributed by atoms with van der Waals surface area (Å²) in [6, 6.07) is 8.06. The molecule has 0 unspecified atom stereocenters. The van der Waals surface area contributed by atoms with E-state index in [-0.39, 0.29) is 0 Å². The van der Waals surface area contributed by atoms with Crippen molar-refractivity contribution >= 4 is 5.69 Å². The van der Waals surface area contributed by atoms with Crippen LogP contribution in [0.2, 0.25) is 0 Å². The molecule has 2 rings (SSSR count). The first kappa shape index (κ1) is 12.5. The smallest absolute Gasteiger partial charge is 0.118 e. The Balaban J connectivity index is 1.89. The highest BCUT2D eigenvalue weighted by Gasteiger charge is 1.98. The molecule has 0 aliphatic heterocycles. The molecular weight excluding hydrogens is 226 g/mol. The first-order valence-electron chi connectivity index (χ1n) is 6.21. The van der Waals surface area contributed by atoms with Crippen molar-refractivity contribution in [3.63, 3.8) is 0 Å². The minimum absolute atomic E-state index is 0.793. The molecular formula is C14H19N3O. The third-order valence-corrected chi connectivity index (χ3v) is 2.74. The van der Waals surface area contributed by atoms with Gasteiger partial charge in [-0.1, -0.05) is 19.1 Å². The van der Waals surface area contributed by atoms with Crippen molar-refractivity contribution in [2.45, 2.75) is 26.4 Å². The van der Waals surface area contributed by atoms with Crippen molar-refractivity contribution in [3.05, 3.63) is 42.2 Å². The van der Waals surface area contributed by atoms with E-state index in [0.29, 0.717) is 0 Å². The highest BCUT2D eigenvalue weighted by atomic mass is 16.5. The molecule has 0 atom stereocenters. The van der Waals surface area contributed by atoms with Gasteiger partial charge in [0.1, 0.15) is 5.75 Å². The van der Waals surface area contributed by atoms with E-state index >= 15 is 0 Å². The van der Waals surface area contributed by atoms with Crippen molar-refractivity contribution < 1.29 is 4.74 Å². The zero-order valence-corrected chi connectivity index (χ0v) is 10.9. The van der Waals surface area contributed by atoms with Crippen LogP contribution in [0, 0.1) is 0 Å². The number of hydrogen-bond donors (Lipinski definition) is 1. The molecule has 0 bridgehead atoms. The third-order valence-electron chi connectivity index (χ3n) is 2.74. The lowest BCUT2D eigenvalue weighted by Crippen LogP contribution is -1.99. The van der Waals surface area contributed by atoms with E-state index in [2.05, 4.69) is 29.5 Å². The molecule has 18 heavy (non-hydrogen) atoms. The van der Waals surface area contributed by atoms with Crippen LogP contribution in [0.25, 0.3) is 0 Å². The Hall–Kier alpha value is -1.97. The van der Waals surface area contributed by atoms with Crippen molar-refractivity contribution in [2.75, 3.05) is 12.4 Å². The number of benzene rings is 1. The van der Waals surface area contributed by atoms with Crippen molar-refractivity contribution in [1.29, 1.82) is 0 Å². The quantitative estimate of drug-likeness (QED) is 0.850. The van der Waals surface area contributed by atoms with Crippen LogP contribution >= 0.6 is 0 Å². The van der Waals surface area contributed by atoms with E-state index in [0.717, 1.165) is 30.9 Å². The molecule has 0 radical (unpaired) electrons. The Labute approximate surface area is 108 Å². The van der Waals surface area contributed by atoms with E-state index in [1.54, 1.807) is 7.11 Å². The molecule has 0 saturated heterocycles. The van der Waals surface area contributed by atoms with Gasteiger partial charge in [-0.3, -0.25) is 4.68 Å². The number of nitrogens with zero attached hydrogens (tertiary/aromatic N) is 2. The maximum Gasteiger partial charge on any atom is 0.118 e. The topological polar surface area (TPSA) is 39.1 Å². The molecule has 0 aliphatic rings. The van der Waals surface area contributed by atoms with Gasteiger partial charge in [-0.2, -0.15) is 5.10 Å². The van der Waals surface area contributed by atoms with Crippen LogP contribution in [-0.2, 0) is 13.1 Å². The van der Waals surface area contributed by atoms with Gasteiger partial charge in [0.25, 0.3) is 0 Å². The van der Waals surface area contributed by atoms with E-state index in [1.165, 1.54) is 5.56 Å². The first-order chi connectivity index (χ1) is 8.81. The Morgan fingerprint density at radius 1 is 1.28 bits per heavy atom. The number of aromatic nitrogens is 2. The number of nitrogens with one attached hydrogen (secondary N) is 1. The minimum atomic E-state index is 0.793. The molecule has 0 amide bonds. The predicted molar refractivity (Wildman–Crippen MR) is 72.8 cm³/mol. The Morgan fingerprint density at radius 2 is 2.06 bits per heavy atom. The molecule has 96 valence electrons. The largest absolute Gasteiger partial charge is 0.497 e. The second-order valence-corrected chi connectivity index (χ2v) is 4.19. The summed E-state index contributed by atoms with van der Waals surface area (Å²) in [6.45, 7) is 3.90. The maximum atomic E-state index is 5.13. The molecule has 1 aromatic heterocycles. The zero-order valence-electron chi connectivity index (χ0n) is 10.9. The van der Waals surface area contributed by atoms with E-state index in [4.69, 9.17) is 4.74 Å². The van der Waals surface area contributed by atoms with Gasteiger partial charge in [-0.25, -0.2) is 0 Å². The molecule has 0 aliphatic carbocycles. The van der Waals surface area contributed by atoms with Crippen LogP contribution < -0.4 is 10.1 Å². The number of aryl methyl sites for hydroxylation is 1. The van der Waals surface area contributed by atoms with Gasteiger partial charge in [-0.15, -0.1) is 0 Å². The molecule has 1 heterocycles. The molecule has 0 fully saturated rings. The lowest BCUT2D eigenvalue weighted by Gasteiger charge is -2.05. The maximum absolute atomic E-state index is 5.13. The summed E-state index contributed by atoms with van der Waals surface area (Å²) < 4.78 is 7.08. The van der Waals surface area contributed by atoms with Crippen LogP contribution in [0.1, 0.15) is 18.9 Å². The third kappa shape index (κ3) is 3.26. The summed E-state index contributed by atoms with van der Waals surface area (Å²) in [5.41, 5.74) is 2.28. The van der Waals surface area contributed by atoms with Crippen LogP contribution in [0.3, 0.4) is 0 Å². The lowest BCUT2D eigenvalue weighted by atomic mass is 10.2. The highest BCUT2D eigenvalue weighted by molar-refractivity contribution is 5.39. The molecule has 4 nitrogen and oxygen atoms in total. The van der Waals surface area contributed by atoms with Gasteiger partial charge in [0.05, 0.1) is 19.0 Å². The molecule has 4 heteroatoms. The average Bonchev–Trinajstić information content (AvgIpc) is 2.85. The van der Waals surface area contributed by atoms with Gasteiger partial charge < -0.3 is 10.1 Å². The van der Waals surface area contributed by atoms with Crippen LogP contribution in [-0.4, -0.2) is 16.9 Å². The molecule has 1 aromatic carbocycles. The van der Waals surface area contributed by atoms with Gasteiger partial charge in [-0.05, 0) is 24.1 Å². The SMILES string of the molecule is CCCn1cc(NCc2ccc(OC)cc2)cn1. The lowest BCUT2D eigenvalue weighted by molar-refractivity contribution is 0.414. The summed E-state index contributed by atoms with van der Waals surface area (Å²) in [6.07, 6.45) is 4.99. The first-order valence-corrected chi connectivity index (χ1v) is 6.21. The summed E-state index contributed by atoms with van der Waals surface area (Å²) in [5.74, 6) is 0.884. The van der Waals surface area contributed by atoms with Crippen LogP contribution in [0.15, 0.2) is 36.7 Å². The van der Waals surface area contributed by atoms with E-state index < -0.39 is 0 Å². The summed E-state index contributed by atoms with van der Waals surface area (Å²) >= 11 is 0. The van der Waals surface area contributed by atoms with Gasteiger partial charge in [0.2, 0.25) is 0 Å². The summed E-state index contributed by atoms with van der Waals surface area (Å²) in [7, 11) is 1.68. The normalized spacial score (nSPS) is 10.3. The predicted octanol–water partition coefficient (Wildman–Crippen LogP) is 2.91. The number of anilines is 1. The Morgan fingerprint density at radius 3 is 2.72 bits per heavy atom. The fourth-order valence-corrected chi connectivity index (χ4v) is 1.75. The molecule has 2 aromatic rings. The standard InChI is InChI=1S/C14H19N3O/c1-3-8-17-11-13(10-16-17)15-9-12-4-6-14(18-2)7-5-12/h4-7,10-11,15H,3,8-9H2,1-2H3. The number of methoxy groups -OCH3 is 1. The average molecular weight is 245 g/mol. The minimum Gasteiger partial charge on any atom is -0.497 e. The van der Waals surface area contributed by atoms with Gasteiger partial charge >= 0.3 is 0 Å². The van der Waals surface area contributed by atoms with E-state index in [1.807, 2.05) is 29.2 Å². The molecule has 0 spiro atoms. The van der Waals surface area contributed by atoms with Crippen molar-refractivity contribution in [3.8, 4) is 5.75 Å². The Kier molecular flexibility index (Phi) is 4.23. The Bertz CT molecular complexity index is 476. The fourth-order valence-electron chi connectivity index (χ4n) is 1.75. The molecule has 1 N–H and O–H groups in total. The fraction of sp³-hybridized carbons (Fsp3) is 0.357. The number of ether oxygens (including phenoxy) is 1. The van der Waals surface area contributed by atoms with Crippen molar-refractivity contribution in [1.82, 2.24) is 9.78 Å². The van der Waals surface area contributed by atoms with Crippen molar-refractivity contribution in [2.24, 2.45) is 0 Å². The number of hydrogen-bond acceptors (Lipinski definition) is 3. The second-order valence-electron chi connectivity index (χ2n) is 4.19. The highest BCUT2D eigenvalue weighted by Crippen LogP contribution is 2.13. The second kappa shape index (κ2) is 6.10. The number of rotatable bonds is 6.